The summed E-state index contributed by atoms with van der Waals surface area (Å²) in [4.78, 5) is 19.7. The van der Waals surface area contributed by atoms with Crippen molar-refractivity contribution in [3.05, 3.63) is 30.1 Å². The number of carboxylic acid groups (broad SMARTS) is 1. The number of nitrogens with two attached hydrogens (primary N) is 1. The van der Waals surface area contributed by atoms with E-state index in [2.05, 4.69) is 19.9 Å². The minimum atomic E-state index is -1.02. The van der Waals surface area contributed by atoms with Gasteiger partial charge in [-0.25, -0.2) is 14.8 Å². The van der Waals surface area contributed by atoms with Crippen molar-refractivity contribution in [3.63, 3.8) is 0 Å². The minimum absolute atomic E-state index is 0.372. The lowest BCUT2D eigenvalue weighted by atomic mass is 10.2. The molecule has 8 nitrogen and oxygen atoms in total. The van der Waals surface area contributed by atoms with Gasteiger partial charge in [0, 0.05) is 32.0 Å². The van der Waals surface area contributed by atoms with E-state index in [1.54, 1.807) is 7.11 Å². The first-order valence-electron chi connectivity index (χ1n) is 8.11. The lowest BCUT2D eigenvalue weighted by molar-refractivity contribution is 0.194. The molecule has 0 atom stereocenters. The molecule has 2 heterocycles. The number of anilines is 1. The van der Waals surface area contributed by atoms with E-state index in [-0.39, 0.29) is 0 Å². The predicted octanol–water partition coefficient (Wildman–Crippen LogP) is 2.01. The van der Waals surface area contributed by atoms with Gasteiger partial charge in [0.25, 0.3) is 0 Å². The Morgan fingerprint density at radius 1 is 1.36 bits per heavy atom. The first-order chi connectivity index (χ1) is 12.1. The topological polar surface area (TPSA) is 115 Å². The molecule has 3 rings (SSSR count). The zero-order valence-electron chi connectivity index (χ0n) is 14.0. The number of imidazole rings is 1. The number of nitrogens with one attached hydrogen (secondary N) is 1. The van der Waals surface area contributed by atoms with Crippen molar-refractivity contribution in [3.8, 4) is 0 Å². The molecule has 8 heteroatoms. The molecular formula is C17H21N5O3. The van der Waals surface area contributed by atoms with E-state index in [9.17, 15) is 4.79 Å². The number of aromatic nitrogens is 3. The average Bonchev–Trinajstić information content (AvgIpc) is 2.96. The quantitative estimate of drug-likeness (QED) is 0.565. The number of amides is 1. The molecule has 0 bridgehead atoms. The predicted molar refractivity (Wildman–Crippen MR) is 95.7 cm³/mol. The van der Waals surface area contributed by atoms with Crippen LogP contribution in [0.4, 0.5) is 10.6 Å². The minimum Gasteiger partial charge on any atom is -0.465 e. The molecule has 0 aliphatic heterocycles. The first kappa shape index (κ1) is 17.0. The molecule has 4 N–H and O–H groups in total. The van der Waals surface area contributed by atoms with Crippen molar-refractivity contribution in [2.45, 2.75) is 19.4 Å². The van der Waals surface area contributed by atoms with Gasteiger partial charge in [-0.3, -0.25) is 0 Å². The smallest absolute Gasteiger partial charge is 0.404 e. The third kappa shape index (κ3) is 3.48. The summed E-state index contributed by atoms with van der Waals surface area (Å²) >= 11 is 0. The molecule has 132 valence electrons. The molecule has 0 spiro atoms. The molecular weight excluding hydrogens is 322 g/mol. The number of hydrogen-bond acceptors (Lipinski definition) is 5. The second kappa shape index (κ2) is 7.35. The van der Waals surface area contributed by atoms with Crippen molar-refractivity contribution in [1.82, 2.24) is 19.9 Å². The number of carbonyl (C=O) groups is 1. The van der Waals surface area contributed by atoms with Gasteiger partial charge in [0.15, 0.2) is 5.82 Å². The third-order valence-corrected chi connectivity index (χ3v) is 4.05. The van der Waals surface area contributed by atoms with E-state index in [4.69, 9.17) is 15.6 Å². The highest BCUT2D eigenvalue weighted by molar-refractivity contribution is 6.06. The average molecular weight is 343 g/mol. The Hall–Kier alpha value is -2.87. The maximum Gasteiger partial charge on any atom is 0.404 e. The molecule has 0 fully saturated rings. The second-order valence-corrected chi connectivity index (χ2v) is 5.72. The molecule has 0 aliphatic rings. The maximum absolute atomic E-state index is 10.6. The Morgan fingerprint density at radius 3 is 2.92 bits per heavy atom. The van der Waals surface area contributed by atoms with Crippen molar-refractivity contribution in [2.75, 3.05) is 26.0 Å². The summed E-state index contributed by atoms with van der Waals surface area (Å²) in [7, 11) is 1.65. The van der Waals surface area contributed by atoms with Gasteiger partial charge in [-0.15, -0.1) is 0 Å². The molecule has 1 aromatic carbocycles. The molecule has 0 saturated heterocycles. The Kier molecular flexibility index (Phi) is 4.99. The molecule has 3 aromatic rings. The summed E-state index contributed by atoms with van der Waals surface area (Å²) in [6, 6.07) is 7.79. The van der Waals surface area contributed by atoms with Crippen molar-refractivity contribution >= 4 is 33.8 Å². The number of fused-ring (bicyclic) bond motifs is 3. The van der Waals surface area contributed by atoms with Gasteiger partial charge in [0.1, 0.15) is 11.3 Å². The van der Waals surface area contributed by atoms with E-state index in [0.29, 0.717) is 43.9 Å². The Morgan fingerprint density at radius 2 is 2.16 bits per heavy atom. The van der Waals surface area contributed by atoms with Crippen molar-refractivity contribution < 1.29 is 14.6 Å². The number of pyridine rings is 1. The van der Waals surface area contributed by atoms with Crippen LogP contribution >= 0.6 is 0 Å². The number of benzene rings is 1. The van der Waals surface area contributed by atoms with Crippen LogP contribution in [0.25, 0.3) is 21.9 Å². The van der Waals surface area contributed by atoms with Crippen LogP contribution in [0.3, 0.4) is 0 Å². The van der Waals surface area contributed by atoms with E-state index >= 15 is 0 Å². The number of para-hydroxylation sites is 1. The molecule has 0 radical (unpaired) electrons. The van der Waals surface area contributed by atoms with Gasteiger partial charge in [0.05, 0.1) is 17.6 Å². The third-order valence-electron chi connectivity index (χ3n) is 4.05. The van der Waals surface area contributed by atoms with Crippen LogP contribution in [0.2, 0.25) is 0 Å². The summed E-state index contributed by atoms with van der Waals surface area (Å²) in [6.07, 6.45) is 0.272. The summed E-state index contributed by atoms with van der Waals surface area (Å²) in [5.74, 6) is 1.26. The van der Waals surface area contributed by atoms with Crippen LogP contribution in [-0.4, -0.2) is 46.0 Å². The van der Waals surface area contributed by atoms with Gasteiger partial charge in [-0.2, -0.15) is 0 Å². The lowest BCUT2D eigenvalue weighted by Gasteiger charge is -2.11. The highest BCUT2D eigenvalue weighted by Crippen LogP contribution is 2.29. The number of nitrogens with zero attached hydrogens (tertiary/aromatic N) is 3. The van der Waals surface area contributed by atoms with Crippen LogP contribution in [-0.2, 0) is 17.7 Å². The van der Waals surface area contributed by atoms with Gasteiger partial charge in [-0.1, -0.05) is 18.2 Å². The Balaban J connectivity index is 2.07. The fourth-order valence-electron chi connectivity index (χ4n) is 2.96. The van der Waals surface area contributed by atoms with Crippen LogP contribution in [0, 0.1) is 0 Å². The van der Waals surface area contributed by atoms with Gasteiger partial charge >= 0.3 is 6.09 Å². The first-order valence-corrected chi connectivity index (χ1v) is 8.11. The van der Waals surface area contributed by atoms with Crippen LogP contribution in [0.15, 0.2) is 24.3 Å². The Labute approximate surface area is 144 Å². The van der Waals surface area contributed by atoms with E-state index < -0.39 is 6.09 Å². The number of ether oxygens (including phenoxy) is 1. The fourth-order valence-corrected chi connectivity index (χ4v) is 2.96. The summed E-state index contributed by atoms with van der Waals surface area (Å²) in [5, 5.41) is 12.1. The fraction of sp³-hybridized carbons (Fsp3) is 0.353. The molecule has 1 amide bonds. The zero-order valence-corrected chi connectivity index (χ0v) is 14.0. The highest BCUT2D eigenvalue weighted by atomic mass is 16.5. The van der Waals surface area contributed by atoms with Crippen LogP contribution < -0.4 is 11.1 Å². The second-order valence-electron chi connectivity index (χ2n) is 5.72. The molecule has 0 unspecified atom stereocenters. The van der Waals surface area contributed by atoms with Gasteiger partial charge in [-0.05, 0) is 12.5 Å². The van der Waals surface area contributed by atoms with Gasteiger partial charge < -0.3 is 25.5 Å². The standard InChI is InChI=1S/C17H21N5O3/c1-25-10-7-13-21-14-15(22(13)9-4-8-19-17(23)24)11-5-2-3-6-12(11)20-16(14)18/h2-3,5-6,19H,4,7-10H2,1H3,(H2,18,20)(H,23,24). The van der Waals surface area contributed by atoms with Crippen molar-refractivity contribution in [1.29, 1.82) is 0 Å². The number of hydrogen-bond donors (Lipinski definition) is 3. The zero-order chi connectivity index (χ0) is 17.8. The largest absolute Gasteiger partial charge is 0.465 e. The lowest BCUT2D eigenvalue weighted by Crippen LogP contribution is -2.23. The maximum atomic E-state index is 10.6. The summed E-state index contributed by atoms with van der Waals surface area (Å²) in [6.45, 7) is 1.54. The SMILES string of the molecule is COCCc1nc2c(N)nc3ccccc3c2n1CCCNC(=O)O. The van der Waals surface area contributed by atoms with E-state index in [0.717, 1.165) is 22.2 Å². The monoisotopic (exact) mass is 343 g/mol. The van der Waals surface area contributed by atoms with Gasteiger partial charge in [0.2, 0.25) is 0 Å². The van der Waals surface area contributed by atoms with Crippen LogP contribution in [0.1, 0.15) is 12.2 Å². The number of nitrogen functional groups attached to an aromatic ring is 1. The van der Waals surface area contributed by atoms with E-state index in [1.807, 2.05) is 24.3 Å². The normalized spacial score (nSPS) is 11.2. The van der Waals surface area contributed by atoms with E-state index in [1.165, 1.54) is 0 Å². The summed E-state index contributed by atoms with van der Waals surface area (Å²) < 4.78 is 7.28. The highest BCUT2D eigenvalue weighted by Gasteiger charge is 2.16. The number of methoxy groups -OCH3 is 1. The van der Waals surface area contributed by atoms with Crippen LogP contribution in [0.5, 0.6) is 0 Å². The molecule has 0 aliphatic carbocycles. The number of rotatable bonds is 7. The molecule has 2 aromatic heterocycles. The Bertz CT molecular complexity index is 906. The number of aryl methyl sites for hydroxylation is 1. The van der Waals surface area contributed by atoms with Crippen molar-refractivity contribution in [2.24, 2.45) is 0 Å². The molecule has 0 saturated carbocycles. The summed E-state index contributed by atoms with van der Waals surface area (Å²) in [5.41, 5.74) is 8.55. The molecule has 25 heavy (non-hydrogen) atoms.